The predicted molar refractivity (Wildman–Crippen MR) is 92.1 cm³/mol. The zero-order valence-electron chi connectivity index (χ0n) is 14.5. The average molecular weight is 331 g/mol. The minimum atomic E-state index is 0.0252. The monoisotopic (exact) mass is 331 g/mol. The lowest BCUT2D eigenvalue weighted by Crippen LogP contribution is -2.37. The van der Waals surface area contributed by atoms with E-state index in [-0.39, 0.29) is 18.4 Å². The van der Waals surface area contributed by atoms with E-state index >= 15 is 0 Å². The van der Waals surface area contributed by atoms with Crippen LogP contribution in [0.1, 0.15) is 18.9 Å². The van der Waals surface area contributed by atoms with E-state index in [1.807, 2.05) is 17.0 Å². The molecule has 3 rings (SSSR count). The third-order valence-corrected chi connectivity index (χ3v) is 4.92. The minimum absolute atomic E-state index is 0.0252. The molecule has 1 aromatic rings. The molecule has 2 heterocycles. The smallest absolute Gasteiger partial charge is 0.260 e. The van der Waals surface area contributed by atoms with Gasteiger partial charge in [-0.25, -0.2) is 0 Å². The first-order chi connectivity index (χ1) is 11.4. The summed E-state index contributed by atoms with van der Waals surface area (Å²) in [6.07, 6.45) is 1.20. The Kier molecular flexibility index (Phi) is 4.76. The van der Waals surface area contributed by atoms with E-state index in [9.17, 15) is 9.59 Å². The Bertz CT molecular complexity index is 644. The molecule has 0 aliphatic carbocycles. The third-order valence-electron chi connectivity index (χ3n) is 4.92. The van der Waals surface area contributed by atoms with E-state index in [4.69, 9.17) is 4.74 Å². The number of rotatable bonds is 4. The molecule has 2 aliphatic rings. The second kappa shape index (κ2) is 6.81. The van der Waals surface area contributed by atoms with Crippen molar-refractivity contribution < 1.29 is 14.3 Å². The van der Waals surface area contributed by atoms with E-state index in [0.29, 0.717) is 30.6 Å². The highest BCUT2D eigenvalue weighted by molar-refractivity contribution is 5.94. The Morgan fingerprint density at radius 2 is 2.12 bits per heavy atom. The number of hydrogen-bond acceptors (Lipinski definition) is 4. The van der Waals surface area contributed by atoms with E-state index in [0.717, 1.165) is 24.3 Å². The Hall–Kier alpha value is -2.08. The fourth-order valence-electron chi connectivity index (χ4n) is 3.51. The Morgan fingerprint density at radius 3 is 2.83 bits per heavy atom. The molecule has 130 valence electrons. The summed E-state index contributed by atoms with van der Waals surface area (Å²) in [5, 5.41) is 2.84. The molecule has 1 saturated heterocycles. The summed E-state index contributed by atoms with van der Waals surface area (Å²) < 4.78 is 5.69. The van der Waals surface area contributed by atoms with Crippen LogP contribution in [0.15, 0.2) is 18.2 Å². The first-order valence-corrected chi connectivity index (χ1v) is 8.44. The molecule has 2 atom stereocenters. The number of ether oxygens (including phenoxy) is 1. The molecule has 0 bridgehead atoms. The van der Waals surface area contributed by atoms with Gasteiger partial charge in [0, 0.05) is 31.2 Å². The quantitative estimate of drug-likeness (QED) is 0.905. The maximum Gasteiger partial charge on any atom is 0.260 e. The van der Waals surface area contributed by atoms with Crippen LogP contribution in [0.25, 0.3) is 0 Å². The summed E-state index contributed by atoms with van der Waals surface area (Å²) in [7, 11) is 4.11. The van der Waals surface area contributed by atoms with Gasteiger partial charge in [0.25, 0.3) is 5.91 Å². The molecular formula is C18H25N3O3. The van der Waals surface area contributed by atoms with Gasteiger partial charge in [0.15, 0.2) is 6.61 Å². The molecule has 0 spiro atoms. The lowest BCUT2D eigenvalue weighted by atomic mass is 10.0. The summed E-state index contributed by atoms with van der Waals surface area (Å²) in [6.45, 7) is 3.77. The number of amides is 2. The van der Waals surface area contributed by atoms with Gasteiger partial charge in [-0.2, -0.15) is 0 Å². The van der Waals surface area contributed by atoms with Crippen molar-refractivity contribution in [2.45, 2.75) is 25.8 Å². The molecular weight excluding hydrogens is 306 g/mol. The number of carbonyl (C=O) groups excluding carboxylic acids is 2. The highest BCUT2D eigenvalue weighted by atomic mass is 16.5. The SMILES string of the molecule is C[C@H]1CN(C(=O)COc2ccc3c(c2)CCC(=O)N3)C[C@H]1N(C)C. The van der Waals surface area contributed by atoms with Crippen LogP contribution in [0.3, 0.4) is 0 Å². The van der Waals surface area contributed by atoms with Crippen molar-refractivity contribution in [1.82, 2.24) is 9.80 Å². The molecule has 2 amide bonds. The van der Waals surface area contributed by atoms with Gasteiger partial charge >= 0.3 is 0 Å². The number of aryl methyl sites for hydroxylation is 1. The first-order valence-electron chi connectivity index (χ1n) is 8.44. The summed E-state index contributed by atoms with van der Waals surface area (Å²) in [4.78, 5) is 27.8. The standard InChI is InChI=1S/C18H25N3O3/c1-12-9-21(10-16(12)20(2)3)18(23)11-24-14-5-6-15-13(8-14)4-7-17(22)19-15/h5-6,8,12,16H,4,7,9-11H2,1-3H3,(H,19,22)/t12-,16+/m0/s1. The van der Waals surface area contributed by atoms with Crippen LogP contribution in [0.4, 0.5) is 5.69 Å². The molecule has 24 heavy (non-hydrogen) atoms. The van der Waals surface area contributed by atoms with Crippen molar-refractivity contribution >= 4 is 17.5 Å². The Balaban J connectivity index is 1.56. The molecule has 0 aromatic heterocycles. The maximum absolute atomic E-state index is 12.4. The van der Waals surface area contributed by atoms with Gasteiger partial charge in [-0.3, -0.25) is 9.59 Å². The van der Waals surface area contributed by atoms with Gasteiger partial charge in [-0.05, 0) is 50.2 Å². The fraction of sp³-hybridized carbons (Fsp3) is 0.556. The highest BCUT2D eigenvalue weighted by Gasteiger charge is 2.33. The Labute approximate surface area is 142 Å². The summed E-state index contributed by atoms with van der Waals surface area (Å²) in [5.41, 5.74) is 1.90. The summed E-state index contributed by atoms with van der Waals surface area (Å²) >= 11 is 0. The van der Waals surface area contributed by atoms with E-state index < -0.39 is 0 Å². The van der Waals surface area contributed by atoms with Crippen molar-refractivity contribution in [3.63, 3.8) is 0 Å². The van der Waals surface area contributed by atoms with Crippen LogP contribution < -0.4 is 10.1 Å². The maximum atomic E-state index is 12.4. The molecule has 0 saturated carbocycles. The van der Waals surface area contributed by atoms with Crippen LogP contribution >= 0.6 is 0 Å². The van der Waals surface area contributed by atoms with E-state index in [1.54, 1.807) is 6.07 Å². The van der Waals surface area contributed by atoms with Crippen molar-refractivity contribution in [2.75, 3.05) is 39.1 Å². The van der Waals surface area contributed by atoms with E-state index in [1.165, 1.54) is 0 Å². The topological polar surface area (TPSA) is 61.9 Å². The lowest BCUT2D eigenvalue weighted by Gasteiger charge is -2.22. The number of nitrogens with zero attached hydrogens (tertiary/aromatic N) is 2. The lowest BCUT2D eigenvalue weighted by molar-refractivity contribution is -0.132. The van der Waals surface area contributed by atoms with Crippen LogP contribution in [-0.4, -0.2) is 61.4 Å². The molecule has 6 heteroatoms. The van der Waals surface area contributed by atoms with Gasteiger partial charge in [0.1, 0.15) is 5.75 Å². The largest absolute Gasteiger partial charge is 0.484 e. The van der Waals surface area contributed by atoms with Crippen molar-refractivity contribution in [2.24, 2.45) is 5.92 Å². The second-order valence-corrected chi connectivity index (χ2v) is 6.96. The van der Waals surface area contributed by atoms with Crippen molar-refractivity contribution in [1.29, 1.82) is 0 Å². The number of anilines is 1. The summed E-state index contributed by atoms with van der Waals surface area (Å²) in [5.74, 6) is 1.22. The van der Waals surface area contributed by atoms with E-state index in [2.05, 4.69) is 31.2 Å². The normalized spacial score (nSPS) is 23.2. The number of likely N-dealkylation sites (tertiary alicyclic amines) is 1. The Morgan fingerprint density at radius 1 is 1.33 bits per heavy atom. The minimum Gasteiger partial charge on any atom is -0.484 e. The van der Waals surface area contributed by atoms with Gasteiger partial charge in [-0.15, -0.1) is 0 Å². The summed E-state index contributed by atoms with van der Waals surface area (Å²) in [6, 6.07) is 5.96. The second-order valence-electron chi connectivity index (χ2n) is 6.96. The van der Waals surface area contributed by atoms with Crippen LogP contribution in [0.2, 0.25) is 0 Å². The molecule has 1 aromatic carbocycles. The van der Waals surface area contributed by atoms with Crippen molar-refractivity contribution in [3.05, 3.63) is 23.8 Å². The number of fused-ring (bicyclic) bond motifs is 1. The van der Waals surface area contributed by atoms with Gasteiger partial charge in [0.05, 0.1) is 0 Å². The molecule has 1 N–H and O–H groups in total. The van der Waals surface area contributed by atoms with Crippen LogP contribution in [0.5, 0.6) is 5.75 Å². The zero-order chi connectivity index (χ0) is 17.3. The molecule has 0 radical (unpaired) electrons. The predicted octanol–water partition coefficient (Wildman–Crippen LogP) is 1.36. The molecule has 0 unspecified atom stereocenters. The molecule has 6 nitrogen and oxygen atoms in total. The molecule has 1 fully saturated rings. The third kappa shape index (κ3) is 3.53. The van der Waals surface area contributed by atoms with Gasteiger partial charge in [0.2, 0.25) is 5.91 Å². The highest BCUT2D eigenvalue weighted by Crippen LogP contribution is 2.27. The van der Waals surface area contributed by atoms with Gasteiger partial charge in [-0.1, -0.05) is 6.92 Å². The van der Waals surface area contributed by atoms with Crippen molar-refractivity contribution in [3.8, 4) is 5.75 Å². The number of benzene rings is 1. The zero-order valence-corrected chi connectivity index (χ0v) is 14.5. The molecule has 2 aliphatic heterocycles. The van der Waals surface area contributed by atoms with Crippen LogP contribution in [-0.2, 0) is 16.0 Å². The van der Waals surface area contributed by atoms with Gasteiger partial charge < -0.3 is 19.9 Å². The fourth-order valence-corrected chi connectivity index (χ4v) is 3.51. The number of carbonyl (C=O) groups is 2. The average Bonchev–Trinajstić information content (AvgIpc) is 2.94. The number of hydrogen-bond donors (Lipinski definition) is 1. The first kappa shape index (κ1) is 16.8. The van der Waals surface area contributed by atoms with Crippen LogP contribution in [0, 0.1) is 5.92 Å². The number of nitrogens with one attached hydrogen (secondary N) is 1. The number of likely N-dealkylation sites (N-methyl/N-ethyl adjacent to an activating group) is 1.